The summed E-state index contributed by atoms with van der Waals surface area (Å²) in [7, 11) is 1.64. The molecule has 4 nitrogen and oxygen atoms in total. The Labute approximate surface area is 147 Å². The number of methoxy groups -OCH3 is 1. The van der Waals surface area contributed by atoms with E-state index in [0.717, 1.165) is 17.1 Å². The molecule has 0 amide bonds. The first-order valence-corrected chi connectivity index (χ1v) is 8.10. The molecule has 23 heavy (non-hydrogen) atoms. The molecule has 2 N–H and O–H groups in total. The van der Waals surface area contributed by atoms with Crippen LogP contribution >= 0.6 is 11.3 Å². The summed E-state index contributed by atoms with van der Waals surface area (Å²) >= 11 is 1.67. The van der Waals surface area contributed by atoms with Crippen LogP contribution < -0.4 is 27.2 Å². The Kier molecular flexibility index (Phi) is 7.85. The molecule has 0 unspecified atom stereocenters. The van der Waals surface area contributed by atoms with Crippen molar-refractivity contribution in [3.63, 3.8) is 0 Å². The van der Waals surface area contributed by atoms with Crippen LogP contribution in [0, 0.1) is 0 Å². The molecule has 1 heterocycles. The summed E-state index contributed by atoms with van der Waals surface area (Å²) in [5, 5.41) is 14.6. The Bertz CT molecular complexity index is 588. The lowest BCUT2D eigenvalue weighted by Gasteiger charge is -2.23. The third kappa shape index (κ3) is 6.03. The first-order chi connectivity index (χ1) is 10.5. The summed E-state index contributed by atoms with van der Waals surface area (Å²) in [5.74, 6) is 1.46. The Morgan fingerprint density at radius 3 is 2.61 bits per heavy atom. The van der Waals surface area contributed by atoms with Crippen molar-refractivity contribution in [2.75, 3.05) is 13.7 Å². The fourth-order valence-electron chi connectivity index (χ4n) is 1.88. The van der Waals surface area contributed by atoms with Gasteiger partial charge >= 0.3 is 0 Å². The maximum Gasteiger partial charge on any atom is 0.161 e. The van der Waals surface area contributed by atoms with Crippen molar-refractivity contribution < 1.29 is 27.0 Å². The summed E-state index contributed by atoms with van der Waals surface area (Å²) in [6, 6.07) is 9.96. The van der Waals surface area contributed by atoms with Crippen LogP contribution in [0.25, 0.3) is 0 Å². The molecule has 6 heteroatoms. The van der Waals surface area contributed by atoms with Crippen LogP contribution in [0.5, 0.6) is 11.5 Å². The molecule has 128 valence electrons. The van der Waals surface area contributed by atoms with Gasteiger partial charge in [-0.2, -0.15) is 0 Å². The number of halogens is 1. The largest absolute Gasteiger partial charge is 1.00 e. The minimum Gasteiger partial charge on any atom is -1.00 e. The normalized spacial score (nSPS) is 11.0. The van der Waals surface area contributed by atoms with Crippen LogP contribution in [-0.2, 0) is 13.2 Å². The van der Waals surface area contributed by atoms with Gasteiger partial charge in [0.15, 0.2) is 11.5 Å². The Hall–Kier alpha value is -1.27. The third-order valence-electron chi connectivity index (χ3n) is 3.34. The van der Waals surface area contributed by atoms with Gasteiger partial charge in [0.25, 0.3) is 0 Å². The van der Waals surface area contributed by atoms with Gasteiger partial charge in [0.1, 0.15) is 6.61 Å². The van der Waals surface area contributed by atoms with Crippen LogP contribution in [0.1, 0.15) is 24.3 Å². The SMILES string of the molecule is COc1cc(CNC(C)(C)CO)ccc1OCc1cccs1.[Cl-]. The molecule has 0 radical (unpaired) electrons. The second-order valence-electron chi connectivity index (χ2n) is 5.75. The van der Waals surface area contributed by atoms with Gasteiger partial charge in [-0.1, -0.05) is 12.1 Å². The van der Waals surface area contributed by atoms with Crippen LogP contribution in [0.4, 0.5) is 0 Å². The van der Waals surface area contributed by atoms with Crippen molar-refractivity contribution in [3.05, 3.63) is 46.2 Å². The summed E-state index contributed by atoms with van der Waals surface area (Å²) in [6.07, 6.45) is 0. The summed E-state index contributed by atoms with van der Waals surface area (Å²) < 4.78 is 11.2. The van der Waals surface area contributed by atoms with Gasteiger partial charge in [-0.25, -0.2) is 0 Å². The molecular formula is C17H23ClNO3S-. The molecule has 0 aliphatic rings. The number of aliphatic hydroxyl groups is 1. The van der Waals surface area contributed by atoms with Crippen molar-refractivity contribution in [2.45, 2.75) is 32.5 Å². The van der Waals surface area contributed by atoms with Crippen LogP contribution in [0.3, 0.4) is 0 Å². The molecule has 0 fully saturated rings. The van der Waals surface area contributed by atoms with Crippen molar-refractivity contribution in [1.29, 1.82) is 0 Å². The summed E-state index contributed by atoms with van der Waals surface area (Å²) in [4.78, 5) is 1.18. The number of hydrogen-bond acceptors (Lipinski definition) is 5. The molecule has 2 aromatic rings. The molecule has 0 aliphatic heterocycles. The predicted octanol–water partition coefficient (Wildman–Crippen LogP) is 0.200. The highest BCUT2D eigenvalue weighted by Crippen LogP contribution is 2.29. The Balaban J connectivity index is 0.00000264. The van der Waals surface area contributed by atoms with Gasteiger partial charge in [-0.15, -0.1) is 11.3 Å². The Morgan fingerprint density at radius 2 is 2.00 bits per heavy atom. The monoisotopic (exact) mass is 356 g/mol. The van der Waals surface area contributed by atoms with Gasteiger partial charge in [-0.05, 0) is 43.0 Å². The fourth-order valence-corrected chi connectivity index (χ4v) is 2.50. The van der Waals surface area contributed by atoms with E-state index < -0.39 is 0 Å². The average molecular weight is 357 g/mol. The molecule has 0 bridgehead atoms. The smallest absolute Gasteiger partial charge is 0.161 e. The van der Waals surface area contributed by atoms with Gasteiger partial charge in [-0.3, -0.25) is 0 Å². The zero-order chi connectivity index (χ0) is 16.0. The zero-order valence-electron chi connectivity index (χ0n) is 13.6. The highest BCUT2D eigenvalue weighted by atomic mass is 35.5. The van der Waals surface area contributed by atoms with E-state index in [0.29, 0.717) is 13.2 Å². The second-order valence-corrected chi connectivity index (χ2v) is 6.78. The third-order valence-corrected chi connectivity index (χ3v) is 4.19. The lowest BCUT2D eigenvalue weighted by atomic mass is 10.1. The van der Waals surface area contributed by atoms with Gasteiger partial charge in [0, 0.05) is 17.0 Å². The molecule has 0 saturated heterocycles. The number of nitrogens with one attached hydrogen (secondary N) is 1. The molecule has 1 aromatic carbocycles. The van der Waals surface area contributed by atoms with E-state index in [1.807, 2.05) is 49.6 Å². The standard InChI is InChI=1S/C17H23NO3S.ClH/c1-17(2,12-19)18-10-13-6-7-15(16(9-13)20-3)21-11-14-5-4-8-22-14;/h4-9,18-19H,10-12H2,1-3H3;1H/p-1. The highest BCUT2D eigenvalue weighted by molar-refractivity contribution is 7.09. The fraction of sp³-hybridized carbons (Fsp3) is 0.412. The maximum atomic E-state index is 9.27. The maximum absolute atomic E-state index is 9.27. The lowest BCUT2D eigenvalue weighted by Crippen LogP contribution is -3.00. The predicted molar refractivity (Wildman–Crippen MR) is 89.6 cm³/mol. The number of benzene rings is 1. The van der Waals surface area contributed by atoms with Crippen molar-refractivity contribution in [2.24, 2.45) is 0 Å². The molecule has 1 aromatic heterocycles. The zero-order valence-corrected chi connectivity index (χ0v) is 15.2. The van der Waals surface area contributed by atoms with Crippen LogP contribution in [-0.4, -0.2) is 24.4 Å². The highest BCUT2D eigenvalue weighted by Gasteiger charge is 2.15. The molecular weight excluding hydrogens is 334 g/mol. The quantitative estimate of drug-likeness (QED) is 0.709. The first kappa shape index (κ1) is 19.8. The van der Waals surface area contributed by atoms with Crippen molar-refractivity contribution in [3.8, 4) is 11.5 Å². The van der Waals surface area contributed by atoms with E-state index >= 15 is 0 Å². The Morgan fingerprint density at radius 1 is 1.22 bits per heavy atom. The number of rotatable bonds is 8. The van der Waals surface area contributed by atoms with E-state index in [9.17, 15) is 5.11 Å². The van der Waals surface area contributed by atoms with E-state index in [1.165, 1.54) is 4.88 Å². The van der Waals surface area contributed by atoms with Gasteiger partial charge in [0.2, 0.25) is 0 Å². The summed E-state index contributed by atoms with van der Waals surface area (Å²) in [6.45, 7) is 5.22. The minimum atomic E-state index is -0.304. The molecule has 0 spiro atoms. The molecule has 0 saturated carbocycles. The number of ether oxygens (including phenoxy) is 2. The number of thiophene rings is 1. The van der Waals surface area contributed by atoms with Crippen LogP contribution in [0.2, 0.25) is 0 Å². The lowest BCUT2D eigenvalue weighted by molar-refractivity contribution is -0.00000607. The van der Waals surface area contributed by atoms with E-state index in [4.69, 9.17) is 9.47 Å². The summed E-state index contributed by atoms with van der Waals surface area (Å²) in [5.41, 5.74) is 0.781. The van der Waals surface area contributed by atoms with E-state index in [-0.39, 0.29) is 24.6 Å². The topological polar surface area (TPSA) is 50.7 Å². The second kappa shape index (κ2) is 9.13. The number of aliphatic hydroxyl groups excluding tert-OH is 1. The van der Waals surface area contributed by atoms with E-state index in [2.05, 4.69) is 5.32 Å². The molecule has 2 rings (SSSR count). The van der Waals surface area contributed by atoms with Crippen molar-refractivity contribution in [1.82, 2.24) is 5.32 Å². The average Bonchev–Trinajstić information content (AvgIpc) is 3.04. The van der Waals surface area contributed by atoms with Crippen molar-refractivity contribution >= 4 is 11.3 Å². The van der Waals surface area contributed by atoms with E-state index in [1.54, 1.807) is 18.4 Å². The molecule has 0 aliphatic carbocycles. The first-order valence-electron chi connectivity index (χ1n) is 7.22. The van der Waals surface area contributed by atoms with Gasteiger partial charge in [0.05, 0.1) is 13.7 Å². The minimum absolute atomic E-state index is 0. The van der Waals surface area contributed by atoms with Gasteiger partial charge < -0.3 is 32.3 Å². The molecule has 0 atom stereocenters. The van der Waals surface area contributed by atoms with Crippen LogP contribution in [0.15, 0.2) is 35.7 Å². The number of hydrogen-bond donors (Lipinski definition) is 2.